The molecule has 0 aliphatic heterocycles. The van der Waals surface area contributed by atoms with Crippen molar-refractivity contribution < 1.29 is 9.90 Å². The number of hydrogen-bond donors (Lipinski definition) is 2. The molecule has 0 bridgehead atoms. The van der Waals surface area contributed by atoms with Gasteiger partial charge in [0.1, 0.15) is 0 Å². The molecule has 14 heavy (non-hydrogen) atoms. The molecule has 1 aromatic carbocycles. The molecule has 0 spiro atoms. The fourth-order valence-corrected chi connectivity index (χ4v) is 1.17. The molecule has 0 heterocycles. The third-order valence-corrected chi connectivity index (χ3v) is 2.06. The van der Waals surface area contributed by atoms with Crippen LogP contribution >= 0.6 is 15.9 Å². The molecule has 0 fully saturated rings. The van der Waals surface area contributed by atoms with Gasteiger partial charge in [-0.15, -0.1) is 0 Å². The second kappa shape index (κ2) is 5.44. The van der Waals surface area contributed by atoms with E-state index in [9.17, 15) is 4.79 Å². The molecule has 0 aromatic heterocycles. The van der Waals surface area contributed by atoms with E-state index in [1.54, 1.807) is 6.08 Å². The molecule has 1 rings (SSSR count). The second-order valence-corrected chi connectivity index (χ2v) is 3.54. The first kappa shape index (κ1) is 10.8. The molecule has 3 nitrogen and oxygen atoms in total. The fraction of sp³-hybridized carbons (Fsp3) is 0.100. The van der Waals surface area contributed by atoms with E-state index in [-0.39, 0.29) is 0 Å². The highest BCUT2D eigenvalue weighted by molar-refractivity contribution is 9.10. The van der Waals surface area contributed by atoms with Crippen molar-refractivity contribution in [1.82, 2.24) is 0 Å². The molecule has 0 amide bonds. The summed E-state index contributed by atoms with van der Waals surface area (Å²) in [7, 11) is 0. The molecule has 0 aliphatic rings. The highest BCUT2D eigenvalue weighted by Crippen LogP contribution is 2.13. The molecular weight excluding hydrogens is 246 g/mol. The molecule has 0 saturated heterocycles. The van der Waals surface area contributed by atoms with Gasteiger partial charge in [-0.3, -0.25) is 0 Å². The smallest absolute Gasteiger partial charge is 0.328 e. The summed E-state index contributed by atoms with van der Waals surface area (Å²) in [5.41, 5.74) is 0.961. The van der Waals surface area contributed by atoms with Gasteiger partial charge in [0.25, 0.3) is 0 Å². The number of nitrogens with one attached hydrogen (secondary N) is 1. The number of anilines is 1. The van der Waals surface area contributed by atoms with Crippen LogP contribution < -0.4 is 5.32 Å². The first-order chi connectivity index (χ1) is 6.68. The Labute approximate surface area is 90.6 Å². The van der Waals surface area contributed by atoms with Gasteiger partial charge in [-0.1, -0.05) is 22.0 Å². The monoisotopic (exact) mass is 255 g/mol. The summed E-state index contributed by atoms with van der Waals surface area (Å²) in [6.07, 6.45) is 2.68. The van der Waals surface area contributed by atoms with E-state index in [4.69, 9.17) is 5.11 Å². The maximum Gasteiger partial charge on any atom is 0.328 e. The minimum atomic E-state index is -0.928. The largest absolute Gasteiger partial charge is 0.478 e. The van der Waals surface area contributed by atoms with Crippen molar-refractivity contribution in [2.24, 2.45) is 0 Å². The van der Waals surface area contributed by atoms with Crippen LogP contribution in [0.4, 0.5) is 5.69 Å². The number of carbonyl (C=O) groups is 1. The van der Waals surface area contributed by atoms with E-state index in [0.29, 0.717) is 6.54 Å². The van der Waals surface area contributed by atoms with Crippen molar-refractivity contribution in [2.75, 3.05) is 11.9 Å². The van der Waals surface area contributed by atoms with E-state index in [2.05, 4.69) is 21.2 Å². The van der Waals surface area contributed by atoms with Crippen LogP contribution in [-0.4, -0.2) is 17.6 Å². The topological polar surface area (TPSA) is 49.3 Å². The van der Waals surface area contributed by atoms with E-state index < -0.39 is 5.97 Å². The number of benzene rings is 1. The molecule has 0 aliphatic carbocycles. The van der Waals surface area contributed by atoms with E-state index in [1.165, 1.54) is 0 Å². The van der Waals surface area contributed by atoms with Gasteiger partial charge in [0.15, 0.2) is 0 Å². The van der Waals surface area contributed by atoms with Crippen LogP contribution in [0.3, 0.4) is 0 Å². The first-order valence-corrected chi connectivity index (χ1v) is 4.86. The summed E-state index contributed by atoms with van der Waals surface area (Å²) in [5.74, 6) is -0.928. The summed E-state index contributed by atoms with van der Waals surface area (Å²) in [5, 5.41) is 11.4. The van der Waals surface area contributed by atoms with Gasteiger partial charge in [0, 0.05) is 22.8 Å². The Morgan fingerprint density at radius 2 is 2.07 bits per heavy atom. The van der Waals surface area contributed by atoms with Gasteiger partial charge in [-0.05, 0) is 24.3 Å². The number of carboxylic acid groups (broad SMARTS) is 1. The number of carboxylic acids is 1. The Balaban J connectivity index is 2.39. The zero-order valence-corrected chi connectivity index (χ0v) is 8.99. The third kappa shape index (κ3) is 4.09. The van der Waals surface area contributed by atoms with Crippen LogP contribution in [0, 0.1) is 0 Å². The summed E-state index contributed by atoms with van der Waals surface area (Å²) >= 11 is 3.33. The molecule has 0 unspecified atom stereocenters. The van der Waals surface area contributed by atoms with Crippen LogP contribution in [0.2, 0.25) is 0 Å². The van der Waals surface area contributed by atoms with Crippen LogP contribution in [0.1, 0.15) is 0 Å². The maximum absolute atomic E-state index is 10.1. The highest BCUT2D eigenvalue weighted by Gasteiger charge is 1.89. The summed E-state index contributed by atoms with van der Waals surface area (Å²) in [4.78, 5) is 10.1. The molecule has 0 atom stereocenters. The van der Waals surface area contributed by atoms with Crippen molar-refractivity contribution in [1.29, 1.82) is 0 Å². The Hall–Kier alpha value is -1.29. The first-order valence-electron chi connectivity index (χ1n) is 4.07. The van der Waals surface area contributed by atoms with Crippen molar-refractivity contribution in [2.45, 2.75) is 0 Å². The van der Waals surface area contributed by atoms with Crippen LogP contribution in [0.15, 0.2) is 40.9 Å². The Morgan fingerprint density at radius 3 is 2.64 bits per heavy atom. The number of aliphatic carboxylic acids is 1. The van der Waals surface area contributed by atoms with Gasteiger partial charge in [0.2, 0.25) is 0 Å². The van der Waals surface area contributed by atoms with Crippen LogP contribution in [0.5, 0.6) is 0 Å². The van der Waals surface area contributed by atoms with Crippen LogP contribution in [-0.2, 0) is 4.79 Å². The third-order valence-electron chi connectivity index (χ3n) is 1.53. The summed E-state index contributed by atoms with van der Waals surface area (Å²) < 4.78 is 1.02. The van der Waals surface area contributed by atoms with Gasteiger partial charge >= 0.3 is 5.97 Å². The Bertz CT molecular complexity index is 332. The van der Waals surface area contributed by atoms with Gasteiger partial charge in [0.05, 0.1) is 0 Å². The fourth-order valence-electron chi connectivity index (χ4n) is 0.904. The molecule has 2 N–H and O–H groups in total. The average molecular weight is 256 g/mol. The highest BCUT2D eigenvalue weighted by atomic mass is 79.9. The van der Waals surface area contributed by atoms with E-state index in [1.807, 2.05) is 24.3 Å². The zero-order chi connectivity index (χ0) is 10.4. The summed E-state index contributed by atoms with van der Waals surface area (Å²) in [6.45, 7) is 0.508. The lowest BCUT2D eigenvalue weighted by atomic mass is 10.3. The lowest BCUT2D eigenvalue weighted by molar-refractivity contribution is -0.131. The Kier molecular flexibility index (Phi) is 4.19. The molecule has 1 aromatic rings. The standard InChI is InChI=1S/C10H10BrNO2/c11-8-3-5-9(6-4-8)12-7-1-2-10(13)14/h1-6,12H,7H2,(H,13,14)/b2-1+. The number of rotatable bonds is 4. The lowest BCUT2D eigenvalue weighted by Gasteiger charge is -2.01. The molecular formula is C10H10BrNO2. The van der Waals surface area contributed by atoms with Crippen molar-refractivity contribution in [3.05, 3.63) is 40.9 Å². The zero-order valence-electron chi connectivity index (χ0n) is 7.40. The quantitative estimate of drug-likeness (QED) is 0.814. The second-order valence-electron chi connectivity index (χ2n) is 2.63. The predicted octanol–water partition coefficient (Wildman–Crippen LogP) is 2.50. The Morgan fingerprint density at radius 1 is 1.43 bits per heavy atom. The lowest BCUT2D eigenvalue weighted by Crippen LogP contribution is -1.98. The van der Waals surface area contributed by atoms with Crippen molar-refractivity contribution in [3.63, 3.8) is 0 Å². The normalized spacial score (nSPS) is 10.4. The van der Waals surface area contributed by atoms with Crippen molar-refractivity contribution >= 4 is 27.6 Å². The predicted molar refractivity (Wildman–Crippen MR) is 59.4 cm³/mol. The SMILES string of the molecule is O=C(O)/C=C/CNc1ccc(Br)cc1. The van der Waals surface area contributed by atoms with E-state index in [0.717, 1.165) is 16.2 Å². The molecule has 0 saturated carbocycles. The molecule has 74 valence electrons. The summed E-state index contributed by atoms with van der Waals surface area (Å²) in [6, 6.07) is 7.67. The number of hydrogen-bond acceptors (Lipinski definition) is 2. The maximum atomic E-state index is 10.1. The van der Waals surface area contributed by atoms with Crippen molar-refractivity contribution in [3.8, 4) is 0 Å². The molecule has 0 radical (unpaired) electrons. The minimum absolute atomic E-state index is 0.508. The molecule has 4 heteroatoms. The number of halogens is 1. The van der Waals surface area contributed by atoms with Crippen LogP contribution in [0.25, 0.3) is 0 Å². The van der Waals surface area contributed by atoms with Gasteiger partial charge < -0.3 is 10.4 Å². The minimum Gasteiger partial charge on any atom is -0.478 e. The van der Waals surface area contributed by atoms with E-state index >= 15 is 0 Å². The average Bonchev–Trinajstić information content (AvgIpc) is 2.15. The van der Waals surface area contributed by atoms with Gasteiger partial charge in [-0.2, -0.15) is 0 Å². The van der Waals surface area contributed by atoms with Gasteiger partial charge in [-0.25, -0.2) is 4.79 Å².